The molecule has 0 aliphatic rings. The van der Waals surface area contributed by atoms with Crippen molar-refractivity contribution in [1.29, 1.82) is 0 Å². The highest BCUT2D eigenvalue weighted by Gasteiger charge is 1.99. The molecule has 0 N–H and O–H groups in total. The van der Waals surface area contributed by atoms with Crippen LogP contribution in [0, 0.1) is 11.8 Å². The third kappa shape index (κ3) is 5.00. The minimum absolute atomic E-state index is 0.444. The zero-order valence-electron chi connectivity index (χ0n) is 12.0. The molecule has 2 rings (SSSR count). The summed E-state index contributed by atoms with van der Waals surface area (Å²) in [4.78, 5) is 5.28. The SMILES string of the molecule is C/C=C/CO/N=C(\C#Cc1ccccc1)c1ccccc1. The molecule has 21 heavy (non-hydrogen) atoms. The van der Waals surface area contributed by atoms with Crippen LogP contribution in [0.25, 0.3) is 0 Å². The second-order valence-corrected chi connectivity index (χ2v) is 4.29. The van der Waals surface area contributed by atoms with Gasteiger partial charge in [0.15, 0.2) is 5.71 Å². The number of allylic oxidation sites excluding steroid dienone is 1. The van der Waals surface area contributed by atoms with Gasteiger partial charge in [0.05, 0.1) is 0 Å². The van der Waals surface area contributed by atoms with Crippen molar-refractivity contribution >= 4 is 5.71 Å². The summed E-state index contributed by atoms with van der Waals surface area (Å²) in [7, 11) is 0. The Hall–Kier alpha value is -2.79. The predicted octanol–water partition coefficient (Wildman–Crippen LogP) is 4.04. The van der Waals surface area contributed by atoms with Crippen molar-refractivity contribution < 1.29 is 4.84 Å². The summed E-state index contributed by atoms with van der Waals surface area (Å²) in [6.07, 6.45) is 3.82. The molecular weight excluding hydrogens is 258 g/mol. The van der Waals surface area contributed by atoms with Crippen LogP contribution < -0.4 is 0 Å². The lowest BCUT2D eigenvalue weighted by Crippen LogP contribution is -1.99. The Kier molecular flexibility index (Phi) is 5.84. The highest BCUT2D eigenvalue weighted by Crippen LogP contribution is 2.02. The van der Waals surface area contributed by atoms with Crippen LogP contribution in [0.4, 0.5) is 0 Å². The van der Waals surface area contributed by atoms with E-state index in [9.17, 15) is 0 Å². The highest BCUT2D eigenvalue weighted by atomic mass is 16.6. The molecule has 0 spiro atoms. The fourth-order valence-electron chi connectivity index (χ4n) is 1.64. The lowest BCUT2D eigenvalue weighted by Gasteiger charge is -1.99. The van der Waals surface area contributed by atoms with Crippen molar-refractivity contribution in [2.45, 2.75) is 6.92 Å². The van der Waals surface area contributed by atoms with E-state index in [4.69, 9.17) is 4.84 Å². The zero-order chi connectivity index (χ0) is 14.8. The summed E-state index contributed by atoms with van der Waals surface area (Å²) in [5, 5.41) is 4.14. The smallest absolute Gasteiger partial charge is 0.160 e. The molecule has 2 heteroatoms. The Morgan fingerprint density at radius 1 is 1.05 bits per heavy atom. The first-order valence-electron chi connectivity index (χ1n) is 6.84. The Morgan fingerprint density at radius 3 is 2.38 bits per heavy atom. The first-order valence-corrected chi connectivity index (χ1v) is 6.84. The summed E-state index contributed by atoms with van der Waals surface area (Å²) < 4.78 is 0. The van der Waals surface area contributed by atoms with E-state index in [-0.39, 0.29) is 0 Å². The topological polar surface area (TPSA) is 21.6 Å². The average molecular weight is 275 g/mol. The summed E-state index contributed by atoms with van der Waals surface area (Å²) >= 11 is 0. The average Bonchev–Trinajstić information content (AvgIpc) is 2.56. The molecule has 0 heterocycles. The standard InChI is InChI=1S/C19H17NO/c1-2-3-16-21-20-19(18-12-8-5-9-13-18)15-14-17-10-6-4-7-11-17/h2-13H,16H2,1H3/b3-2+,20-19+. The third-order valence-electron chi connectivity index (χ3n) is 2.71. The molecule has 0 saturated carbocycles. The highest BCUT2D eigenvalue weighted by molar-refractivity contribution is 6.12. The summed E-state index contributed by atoms with van der Waals surface area (Å²) in [6.45, 7) is 2.39. The molecule has 104 valence electrons. The number of benzene rings is 2. The number of hydrogen-bond acceptors (Lipinski definition) is 2. The van der Waals surface area contributed by atoms with Crippen LogP contribution in [0.3, 0.4) is 0 Å². The van der Waals surface area contributed by atoms with Gasteiger partial charge in [0.25, 0.3) is 0 Å². The van der Waals surface area contributed by atoms with Gasteiger partial charge in [0.1, 0.15) is 6.61 Å². The summed E-state index contributed by atoms with van der Waals surface area (Å²) in [5.41, 5.74) is 2.53. The number of hydrogen-bond donors (Lipinski definition) is 0. The molecule has 2 nitrogen and oxygen atoms in total. The van der Waals surface area contributed by atoms with Crippen LogP contribution >= 0.6 is 0 Å². The maximum atomic E-state index is 5.28. The summed E-state index contributed by atoms with van der Waals surface area (Å²) in [6, 6.07) is 19.7. The van der Waals surface area contributed by atoms with Crippen molar-refractivity contribution in [3.63, 3.8) is 0 Å². The van der Waals surface area contributed by atoms with Gasteiger partial charge >= 0.3 is 0 Å². The van der Waals surface area contributed by atoms with Crippen molar-refractivity contribution in [1.82, 2.24) is 0 Å². The second kappa shape index (κ2) is 8.39. The number of nitrogens with zero attached hydrogens (tertiary/aromatic N) is 1. The van der Waals surface area contributed by atoms with Crippen LogP contribution in [0.2, 0.25) is 0 Å². The number of oxime groups is 1. The van der Waals surface area contributed by atoms with Crippen LogP contribution in [0.1, 0.15) is 18.1 Å². The molecule has 0 amide bonds. The van der Waals surface area contributed by atoms with Crippen molar-refractivity contribution in [2.24, 2.45) is 5.16 Å². The normalized spacial score (nSPS) is 11.0. The van der Waals surface area contributed by atoms with E-state index in [1.807, 2.05) is 79.7 Å². The Labute approximate surface area is 125 Å². The van der Waals surface area contributed by atoms with Crippen molar-refractivity contribution in [3.05, 3.63) is 83.9 Å². The van der Waals surface area contributed by atoms with Crippen LogP contribution in [0.5, 0.6) is 0 Å². The van der Waals surface area contributed by atoms with Crippen molar-refractivity contribution in [3.8, 4) is 11.8 Å². The first kappa shape index (κ1) is 14.6. The van der Waals surface area contributed by atoms with Crippen LogP contribution in [-0.4, -0.2) is 12.3 Å². The lowest BCUT2D eigenvalue weighted by atomic mass is 10.1. The minimum Gasteiger partial charge on any atom is -0.391 e. The van der Waals surface area contributed by atoms with Gasteiger partial charge in [-0.1, -0.05) is 65.7 Å². The minimum atomic E-state index is 0.444. The van der Waals surface area contributed by atoms with Crippen LogP contribution in [-0.2, 0) is 4.84 Å². The van der Waals surface area contributed by atoms with Crippen molar-refractivity contribution in [2.75, 3.05) is 6.61 Å². The van der Waals surface area contributed by atoms with Gasteiger partial charge in [-0.05, 0) is 31.1 Å². The fourth-order valence-corrected chi connectivity index (χ4v) is 1.64. The van der Waals surface area contributed by atoms with E-state index in [1.165, 1.54) is 0 Å². The van der Waals surface area contributed by atoms with E-state index in [0.29, 0.717) is 12.3 Å². The molecular formula is C19H17NO. The molecule has 0 saturated heterocycles. The molecule has 0 fully saturated rings. The Bertz CT molecular complexity index is 661. The predicted molar refractivity (Wildman–Crippen MR) is 87.1 cm³/mol. The first-order chi connectivity index (χ1) is 10.4. The third-order valence-corrected chi connectivity index (χ3v) is 2.71. The maximum Gasteiger partial charge on any atom is 0.160 e. The Morgan fingerprint density at radius 2 is 1.71 bits per heavy atom. The molecule has 0 aliphatic heterocycles. The molecule has 0 aromatic heterocycles. The van der Waals surface area contributed by atoms with Gasteiger partial charge in [-0.15, -0.1) is 0 Å². The monoisotopic (exact) mass is 275 g/mol. The quantitative estimate of drug-likeness (QED) is 0.271. The fraction of sp³-hybridized carbons (Fsp3) is 0.105. The van der Waals surface area contributed by atoms with E-state index in [1.54, 1.807) is 0 Å². The molecule has 2 aromatic carbocycles. The lowest BCUT2D eigenvalue weighted by molar-refractivity contribution is 0.175. The Balaban J connectivity index is 2.22. The zero-order valence-corrected chi connectivity index (χ0v) is 12.0. The largest absolute Gasteiger partial charge is 0.391 e. The van der Waals surface area contributed by atoms with Gasteiger partial charge in [-0.25, -0.2) is 0 Å². The molecule has 0 radical (unpaired) electrons. The van der Waals surface area contributed by atoms with E-state index in [2.05, 4.69) is 17.0 Å². The molecule has 2 aromatic rings. The second-order valence-electron chi connectivity index (χ2n) is 4.29. The molecule has 0 bridgehead atoms. The van der Waals surface area contributed by atoms with Gasteiger partial charge in [-0.2, -0.15) is 0 Å². The van der Waals surface area contributed by atoms with Gasteiger partial charge in [0, 0.05) is 11.1 Å². The van der Waals surface area contributed by atoms with Gasteiger partial charge < -0.3 is 4.84 Å². The van der Waals surface area contributed by atoms with E-state index in [0.717, 1.165) is 11.1 Å². The van der Waals surface area contributed by atoms with Gasteiger partial charge in [-0.3, -0.25) is 0 Å². The molecule has 0 aliphatic carbocycles. The molecule has 0 atom stereocenters. The van der Waals surface area contributed by atoms with Gasteiger partial charge in [0.2, 0.25) is 0 Å². The number of rotatable bonds is 4. The van der Waals surface area contributed by atoms with Crippen LogP contribution in [0.15, 0.2) is 78.0 Å². The van der Waals surface area contributed by atoms with E-state index >= 15 is 0 Å². The molecule has 0 unspecified atom stereocenters. The summed E-state index contributed by atoms with van der Waals surface area (Å²) in [5.74, 6) is 6.19. The van der Waals surface area contributed by atoms with E-state index < -0.39 is 0 Å². The maximum absolute atomic E-state index is 5.28.